The van der Waals surface area contributed by atoms with Crippen LogP contribution in [0.5, 0.6) is 0 Å². The lowest BCUT2D eigenvalue weighted by Gasteiger charge is -2.46. The molecule has 2 fully saturated rings. The average Bonchev–Trinajstić information content (AvgIpc) is 3.29. The van der Waals surface area contributed by atoms with Crippen molar-refractivity contribution >= 4 is 0 Å². The minimum atomic E-state index is 0.538. The van der Waals surface area contributed by atoms with Gasteiger partial charge in [-0.2, -0.15) is 0 Å². The molecule has 2 aliphatic rings. The second-order valence-corrected chi connectivity index (χ2v) is 7.48. The van der Waals surface area contributed by atoms with Crippen LogP contribution in [0.25, 0.3) is 0 Å². The maximum atomic E-state index is 5.27. The van der Waals surface area contributed by atoms with Crippen LogP contribution >= 0.6 is 0 Å². The van der Waals surface area contributed by atoms with Crippen molar-refractivity contribution in [2.24, 2.45) is 0 Å². The average molecular weight is 311 g/mol. The number of hydrogen-bond donors (Lipinski definition) is 0. The second kappa shape index (κ2) is 9.24. The van der Waals surface area contributed by atoms with Crippen LogP contribution < -0.4 is 0 Å². The molecule has 0 radical (unpaired) electrons. The predicted octanol–water partition coefficient (Wildman–Crippen LogP) is 3.92. The lowest BCUT2D eigenvalue weighted by atomic mass is 9.97. The normalized spacial score (nSPS) is 23.0. The minimum Gasteiger partial charge on any atom is -0.383 e. The number of ether oxygens (including phenoxy) is 1. The molecular formula is C19H38N2O. The van der Waals surface area contributed by atoms with E-state index < -0.39 is 0 Å². The van der Waals surface area contributed by atoms with Crippen LogP contribution in [0.4, 0.5) is 0 Å². The summed E-state index contributed by atoms with van der Waals surface area (Å²) in [5.74, 6) is 0. The lowest BCUT2D eigenvalue weighted by Crippen LogP contribution is -2.58. The molecule has 3 nitrogen and oxygen atoms in total. The van der Waals surface area contributed by atoms with E-state index in [1.165, 1.54) is 77.4 Å². The van der Waals surface area contributed by atoms with Gasteiger partial charge in [-0.05, 0) is 25.7 Å². The molecule has 1 saturated carbocycles. The predicted molar refractivity (Wildman–Crippen MR) is 94.4 cm³/mol. The molecule has 1 aliphatic carbocycles. The number of hydrogen-bond acceptors (Lipinski definition) is 3. The second-order valence-electron chi connectivity index (χ2n) is 7.48. The zero-order valence-corrected chi connectivity index (χ0v) is 15.3. The van der Waals surface area contributed by atoms with E-state index in [9.17, 15) is 0 Å². The Kier molecular flexibility index (Phi) is 7.66. The molecule has 0 aromatic rings. The monoisotopic (exact) mass is 310 g/mol. The van der Waals surface area contributed by atoms with E-state index in [2.05, 4.69) is 23.6 Å². The van der Waals surface area contributed by atoms with Gasteiger partial charge in [-0.1, -0.05) is 46.0 Å². The summed E-state index contributed by atoms with van der Waals surface area (Å²) in [7, 11) is 1.82. The van der Waals surface area contributed by atoms with Gasteiger partial charge in [0.1, 0.15) is 0 Å². The van der Waals surface area contributed by atoms with Crippen molar-refractivity contribution in [3.05, 3.63) is 0 Å². The first-order chi connectivity index (χ1) is 10.8. The Bertz CT molecular complexity index is 304. The van der Waals surface area contributed by atoms with Gasteiger partial charge in [0.15, 0.2) is 0 Å². The summed E-state index contributed by atoms with van der Waals surface area (Å²) in [6, 6.07) is 0.846. The van der Waals surface area contributed by atoms with Crippen LogP contribution in [-0.2, 0) is 4.74 Å². The number of methoxy groups -OCH3 is 1. The highest BCUT2D eigenvalue weighted by Crippen LogP contribution is 2.46. The standard InChI is InChI=1S/C19H38N2O/c1-4-6-8-10-18(9-7-5-2)21-14-13-20(15-16-22-3)17-19(21)11-12-19/h18H,4-17H2,1-3H3. The van der Waals surface area contributed by atoms with Gasteiger partial charge >= 0.3 is 0 Å². The molecule has 0 bridgehead atoms. The van der Waals surface area contributed by atoms with E-state index in [1.54, 1.807) is 0 Å². The van der Waals surface area contributed by atoms with Gasteiger partial charge in [0.05, 0.1) is 6.61 Å². The van der Waals surface area contributed by atoms with Crippen molar-refractivity contribution in [1.29, 1.82) is 0 Å². The first-order valence-corrected chi connectivity index (χ1v) is 9.74. The van der Waals surface area contributed by atoms with E-state index in [0.717, 1.165) is 19.2 Å². The Morgan fingerprint density at radius 2 is 1.73 bits per heavy atom. The molecule has 130 valence electrons. The van der Waals surface area contributed by atoms with E-state index >= 15 is 0 Å². The van der Waals surface area contributed by atoms with E-state index in [1.807, 2.05) is 7.11 Å². The van der Waals surface area contributed by atoms with Crippen LogP contribution in [0.1, 0.15) is 71.6 Å². The summed E-state index contributed by atoms with van der Waals surface area (Å²) in [6.45, 7) is 10.4. The lowest BCUT2D eigenvalue weighted by molar-refractivity contribution is 0.00951. The van der Waals surface area contributed by atoms with Crippen LogP contribution in [0.2, 0.25) is 0 Å². The Morgan fingerprint density at radius 3 is 2.36 bits per heavy atom. The molecule has 3 heteroatoms. The van der Waals surface area contributed by atoms with E-state index in [0.29, 0.717) is 5.54 Å². The first kappa shape index (κ1) is 18.2. The van der Waals surface area contributed by atoms with Crippen molar-refractivity contribution in [1.82, 2.24) is 9.80 Å². The largest absolute Gasteiger partial charge is 0.383 e. The molecule has 22 heavy (non-hydrogen) atoms. The fraction of sp³-hybridized carbons (Fsp3) is 1.00. The van der Waals surface area contributed by atoms with Crippen LogP contribution in [0, 0.1) is 0 Å². The summed E-state index contributed by atoms with van der Waals surface area (Å²) < 4.78 is 5.27. The molecule has 0 N–H and O–H groups in total. The van der Waals surface area contributed by atoms with E-state index in [4.69, 9.17) is 4.74 Å². The molecular weight excluding hydrogens is 272 g/mol. The minimum absolute atomic E-state index is 0.538. The van der Waals surface area contributed by atoms with Crippen LogP contribution in [-0.4, -0.2) is 61.3 Å². The molecule has 1 atom stereocenters. The Labute approximate surface area is 138 Å². The van der Waals surface area contributed by atoms with E-state index in [-0.39, 0.29) is 0 Å². The van der Waals surface area contributed by atoms with Gasteiger partial charge < -0.3 is 4.74 Å². The highest BCUT2D eigenvalue weighted by Gasteiger charge is 2.52. The van der Waals surface area contributed by atoms with Gasteiger partial charge in [-0.3, -0.25) is 9.80 Å². The van der Waals surface area contributed by atoms with Gasteiger partial charge in [0.2, 0.25) is 0 Å². The highest BCUT2D eigenvalue weighted by molar-refractivity contribution is 5.09. The molecule has 0 aromatic heterocycles. The first-order valence-electron chi connectivity index (χ1n) is 9.74. The summed E-state index contributed by atoms with van der Waals surface area (Å²) in [5.41, 5.74) is 0.538. The Hall–Kier alpha value is -0.120. The smallest absolute Gasteiger partial charge is 0.0589 e. The van der Waals surface area contributed by atoms with Crippen LogP contribution in [0.3, 0.4) is 0 Å². The van der Waals surface area contributed by atoms with Gasteiger partial charge in [-0.15, -0.1) is 0 Å². The number of rotatable bonds is 11. The molecule has 1 spiro atoms. The van der Waals surface area contributed by atoms with Crippen molar-refractivity contribution in [2.45, 2.75) is 83.2 Å². The molecule has 1 heterocycles. The fourth-order valence-electron chi connectivity index (χ4n) is 4.17. The SMILES string of the molecule is CCCCCC(CCCC)N1CCN(CCOC)CC12CC2. The summed E-state index contributed by atoms with van der Waals surface area (Å²) >= 11 is 0. The number of piperazine rings is 1. The molecule has 0 aromatic carbocycles. The molecule has 1 saturated heterocycles. The number of unbranched alkanes of at least 4 members (excludes halogenated alkanes) is 3. The fourth-order valence-corrected chi connectivity index (χ4v) is 4.17. The van der Waals surface area contributed by atoms with Gasteiger partial charge in [-0.25, -0.2) is 0 Å². The molecule has 0 amide bonds. The maximum absolute atomic E-state index is 5.27. The quantitative estimate of drug-likeness (QED) is 0.538. The zero-order chi connectivity index (χ0) is 15.8. The summed E-state index contributed by atoms with van der Waals surface area (Å²) in [4.78, 5) is 5.57. The maximum Gasteiger partial charge on any atom is 0.0589 e. The molecule has 1 aliphatic heterocycles. The van der Waals surface area contributed by atoms with Crippen LogP contribution in [0.15, 0.2) is 0 Å². The Morgan fingerprint density at radius 1 is 1.00 bits per heavy atom. The summed E-state index contributed by atoms with van der Waals surface area (Å²) in [5, 5.41) is 0. The van der Waals surface area contributed by atoms with Crippen molar-refractivity contribution in [3.8, 4) is 0 Å². The zero-order valence-electron chi connectivity index (χ0n) is 15.3. The third-order valence-electron chi connectivity index (χ3n) is 5.70. The molecule has 2 rings (SSSR count). The van der Waals surface area contributed by atoms with Gasteiger partial charge in [0.25, 0.3) is 0 Å². The molecule has 1 unspecified atom stereocenters. The highest BCUT2D eigenvalue weighted by atomic mass is 16.5. The third kappa shape index (κ3) is 4.94. The van der Waals surface area contributed by atoms with Gasteiger partial charge in [0, 0.05) is 44.9 Å². The van der Waals surface area contributed by atoms with Crippen molar-refractivity contribution in [3.63, 3.8) is 0 Å². The summed E-state index contributed by atoms with van der Waals surface area (Å²) in [6.07, 6.45) is 12.6. The Balaban J connectivity index is 1.89. The third-order valence-corrected chi connectivity index (χ3v) is 5.70. The number of nitrogens with zero attached hydrogens (tertiary/aromatic N) is 2. The van der Waals surface area contributed by atoms with Crippen molar-refractivity contribution < 1.29 is 4.74 Å². The van der Waals surface area contributed by atoms with Crippen molar-refractivity contribution in [2.75, 3.05) is 39.9 Å². The topological polar surface area (TPSA) is 15.7 Å².